The molecule has 1 amide bonds. The van der Waals surface area contributed by atoms with Crippen molar-refractivity contribution in [1.29, 1.82) is 0 Å². The highest BCUT2D eigenvalue weighted by atomic mass is 16.6. The Morgan fingerprint density at radius 2 is 2.15 bits per heavy atom. The molecule has 0 bridgehead atoms. The second kappa shape index (κ2) is 6.99. The summed E-state index contributed by atoms with van der Waals surface area (Å²) >= 11 is 0. The molecule has 2 saturated carbocycles. The minimum absolute atomic E-state index is 0.0434. The van der Waals surface area contributed by atoms with Crippen LogP contribution in [0.3, 0.4) is 0 Å². The van der Waals surface area contributed by atoms with E-state index in [1.165, 1.54) is 18.4 Å². The highest BCUT2D eigenvalue weighted by Crippen LogP contribution is 2.56. The van der Waals surface area contributed by atoms with Gasteiger partial charge in [-0.15, -0.1) is 0 Å². The normalized spacial score (nSPS) is 43.1. The molecular weight excluding hydrogens is 328 g/mol. The zero-order valence-corrected chi connectivity index (χ0v) is 16.0. The average Bonchev–Trinajstić information content (AvgIpc) is 2.74. The van der Waals surface area contributed by atoms with E-state index >= 15 is 0 Å². The van der Waals surface area contributed by atoms with Crippen molar-refractivity contribution in [3.05, 3.63) is 12.2 Å². The van der Waals surface area contributed by atoms with E-state index in [0.717, 1.165) is 45.1 Å². The van der Waals surface area contributed by atoms with Crippen molar-refractivity contribution >= 4 is 11.9 Å². The molecule has 0 radical (unpaired) electrons. The van der Waals surface area contributed by atoms with E-state index in [2.05, 4.69) is 24.1 Å². The number of allylic oxidation sites excluding steroid dienone is 1. The summed E-state index contributed by atoms with van der Waals surface area (Å²) in [6.45, 7) is 8.17. The van der Waals surface area contributed by atoms with E-state index in [1.807, 2.05) is 0 Å². The lowest BCUT2D eigenvalue weighted by Gasteiger charge is -2.49. The van der Waals surface area contributed by atoms with Crippen LogP contribution in [0.1, 0.15) is 58.3 Å². The third kappa shape index (κ3) is 3.19. The van der Waals surface area contributed by atoms with Crippen LogP contribution in [0.4, 0.5) is 0 Å². The van der Waals surface area contributed by atoms with Crippen molar-refractivity contribution in [3.63, 3.8) is 0 Å². The fourth-order valence-corrected chi connectivity index (χ4v) is 6.02. The molecule has 26 heavy (non-hydrogen) atoms. The second-order valence-corrected chi connectivity index (χ2v) is 9.27. The molecule has 6 atom stereocenters. The number of ether oxygens (including phenoxy) is 1. The maximum Gasteiger partial charge on any atom is 0.315 e. The average molecular weight is 362 g/mol. The zero-order chi connectivity index (χ0) is 18.3. The first kappa shape index (κ1) is 18.0. The smallest absolute Gasteiger partial charge is 0.315 e. The summed E-state index contributed by atoms with van der Waals surface area (Å²) < 4.78 is 5.83. The lowest BCUT2D eigenvalue weighted by Crippen LogP contribution is -2.94. The molecule has 0 aromatic rings. The number of nitrogens with two attached hydrogens (primary N) is 1. The van der Waals surface area contributed by atoms with Gasteiger partial charge in [-0.2, -0.15) is 0 Å². The molecule has 0 aromatic heterocycles. The van der Waals surface area contributed by atoms with Gasteiger partial charge in [0.2, 0.25) is 0 Å². The third-order valence-corrected chi connectivity index (χ3v) is 7.57. The summed E-state index contributed by atoms with van der Waals surface area (Å²) in [5.41, 5.74) is 1.62. The topological polar surface area (TPSA) is 72.0 Å². The number of carbonyl (C=O) groups excluding carboxylic acids is 2. The largest absolute Gasteiger partial charge is 0.462 e. The Balaban J connectivity index is 1.44. The van der Waals surface area contributed by atoms with Crippen molar-refractivity contribution in [1.82, 2.24) is 5.32 Å². The Morgan fingerprint density at radius 3 is 3.00 bits per heavy atom. The number of fused-ring (bicyclic) bond motifs is 2. The van der Waals surface area contributed by atoms with Crippen molar-refractivity contribution in [2.45, 2.75) is 70.4 Å². The van der Waals surface area contributed by atoms with Crippen molar-refractivity contribution < 1.29 is 19.6 Å². The van der Waals surface area contributed by atoms with E-state index in [0.29, 0.717) is 18.4 Å². The summed E-state index contributed by atoms with van der Waals surface area (Å²) in [6.07, 6.45) is 8.66. The van der Waals surface area contributed by atoms with Crippen LogP contribution in [0.2, 0.25) is 0 Å². The third-order valence-electron chi connectivity index (χ3n) is 7.57. The van der Waals surface area contributed by atoms with Gasteiger partial charge < -0.3 is 15.4 Å². The van der Waals surface area contributed by atoms with Crippen LogP contribution in [0.15, 0.2) is 12.2 Å². The lowest BCUT2D eigenvalue weighted by molar-refractivity contribution is -0.681. The van der Waals surface area contributed by atoms with Gasteiger partial charge >= 0.3 is 5.97 Å². The van der Waals surface area contributed by atoms with Gasteiger partial charge in [-0.25, -0.2) is 0 Å². The van der Waals surface area contributed by atoms with Gasteiger partial charge in [0, 0.05) is 18.9 Å². The number of hydrogen-bond acceptors (Lipinski definition) is 3. The van der Waals surface area contributed by atoms with Gasteiger partial charge in [0.05, 0.1) is 6.54 Å². The molecule has 0 aromatic carbocycles. The van der Waals surface area contributed by atoms with E-state index in [9.17, 15) is 9.59 Å². The van der Waals surface area contributed by atoms with Gasteiger partial charge in [-0.3, -0.25) is 9.59 Å². The molecule has 2 saturated heterocycles. The number of hydrogen-bond donors (Lipinski definition) is 2. The Hall–Kier alpha value is -1.36. The molecule has 5 heteroatoms. The highest BCUT2D eigenvalue weighted by Gasteiger charge is 2.55. The molecule has 4 rings (SSSR count). The van der Waals surface area contributed by atoms with Crippen LogP contribution in [-0.2, 0) is 14.3 Å². The summed E-state index contributed by atoms with van der Waals surface area (Å²) in [6, 6.07) is -0.0529. The van der Waals surface area contributed by atoms with Crippen LogP contribution in [0, 0.1) is 23.2 Å². The van der Waals surface area contributed by atoms with Crippen LogP contribution < -0.4 is 10.6 Å². The summed E-state index contributed by atoms with van der Waals surface area (Å²) in [5, 5.41) is 5.08. The van der Waals surface area contributed by atoms with Crippen LogP contribution in [-0.4, -0.2) is 37.1 Å². The predicted molar refractivity (Wildman–Crippen MR) is 98.1 cm³/mol. The van der Waals surface area contributed by atoms with Crippen molar-refractivity contribution in [3.8, 4) is 0 Å². The fraction of sp³-hybridized carbons (Fsp3) is 0.810. The number of nitrogens with one attached hydrogen (secondary N) is 1. The molecule has 4 fully saturated rings. The van der Waals surface area contributed by atoms with E-state index < -0.39 is 0 Å². The number of quaternary nitrogens is 1. The molecule has 2 aliphatic carbocycles. The van der Waals surface area contributed by atoms with E-state index in [1.54, 1.807) is 0 Å². The van der Waals surface area contributed by atoms with Gasteiger partial charge in [-0.1, -0.05) is 19.1 Å². The van der Waals surface area contributed by atoms with Gasteiger partial charge in [0.1, 0.15) is 12.0 Å². The number of carbonyl (C=O) groups is 2. The summed E-state index contributed by atoms with van der Waals surface area (Å²) in [7, 11) is 0. The highest BCUT2D eigenvalue weighted by molar-refractivity contribution is 5.80. The molecule has 144 valence electrons. The van der Waals surface area contributed by atoms with Crippen LogP contribution in [0.5, 0.6) is 0 Å². The van der Waals surface area contributed by atoms with Crippen LogP contribution in [0.25, 0.3) is 0 Å². The molecule has 2 heterocycles. The Labute approximate surface area is 156 Å². The number of esters is 1. The van der Waals surface area contributed by atoms with Gasteiger partial charge in [0.25, 0.3) is 5.91 Å². The fourth-order valence-electron chi connectivity index (χ4n) is 6.02. The Kier molecular flexibility index (Phi) is 4.84. The maximum absolute atomic E-state index is 12.6. The van der Waals surface area contributed by atoms with E-state index in [-0.39, 0.29) is 35.4 Å². The maximum atomic E-state index is 12.6. The van der Waals surface area contributed by atoms with Crippen LogP contribution >= 0.6 is 0 Å². The first-order chi connectivity index (χ1) is 12.5. The molecule has 0 unspecified atom stereocenters. The second-order valence-electron chi connectivity index (χ2n) is 9.27. The minimum atomic E-state index is -0.0738. The molecule has 4 aliphatic rings. The molecule has 2 aliphatic heterocycles. The lowest BCUT2D eigenvalue weighted by atomic mass is 9.55. The standard InChI is InChI=1S/C21H32N2O3/c1-13-6-5-8-21(2)11-18-14(10-16(13)21)15(20(25)26-18)12-23-17-7-3-4-9-22-19(17)24/h14-18,23H,1,3-12H2,2H3,(H,22,24)/p+1/t14-,15-,16+,17+,18+,21-/m0/s1. The van der Waals surface area contributed by atoms with Gasteiger partial charge in [-0.05, 0) is 56.3 Å². The molecule has 5 nitrogen and oxygen atoms in total. The first-order valence-electron chi connectivity index (χ1n) is 10.5. The quantitative estimate of drug-likeness (QED) is 0.592. The zero-order valence-electron chi connectivity index (χ0n) is 16.0. The molecule has 3 N–H and O–H groups in total. The van der Waals surface area contributed by atoms with E-state index in [4.69, 9.17) is 4.74 Å². The first-order valence-corrected chi connectivity index (χ1v) is 10.5. The monoisotopic (exact) mass is 361 g/mol. The summed E-state index contributed by atoms with van der Waals surface area (Å²) in [4.78, 5) is 24.8. The van der Waals surface area contributed by atoms with Crippen molar-refractivity contribution in [2.75, 3.05) is 13.1 Å². The predicted octanol–water partition coefficient (Wildman–Crippen LogP) is 1.53. The molecule has 0 spiro atoms. The number of rotatable bonds is 3. The SMILES string of the molecule is C=C1CCC[C@@]2(C)C[C@H]3OC(=O)[C@@H](C[NH2+][C@@H]4CCCCNC4=O)[C@@H]3C[C@H]12. The Morgan fingerprint density at radius 1 is 1.31 bits per heavy atom. The summed E-state index contributed by atoms with van der Waals surface area (Å²) in [5.74, 6) is 0.826. The Bertz CT molecular complexity index is 604. The van der Waals surface area contributed by atoms with Gasteiger partial charge in [0.15, 0.2) is 6.04 Å². The number of amides is 1. The molecular formula is C21H33N2O3+. The minimum Gasteiger partial charge on any atom is -0.462 e. The van der Waals surface area contributed by atoms with Crippen molar-refractivity contribution in [2.24, 2.45) is 23.2 Å².